The van der Waals surface area contributed by atoms with E-state index in [9.17, 15) is 18.3 Å². The van der Waals surface area contributed by atoms with E-state index in [0.29, 0.717) is 16.5 Å². The molecule has 0 amide bonds. The fourth-order valence-corrected chi connectivity index (χ4v) is 3.28. The van der Waals surface area contributed by atoms with Gasteiger partial charge in [0.15, 0.2) is 11.5 Å². The van der Waals surface area contributed by atoms with Gasteiger partial charge in [0, 0.05) is 11.5 Å². The first kappa shape index (κ1) is 20.0. The smallest absolute Gasteiger partial charge is 0.416 e. The lowest BCUT2D eigenvalue weighted by Gasteiger charge is -2.21. The van der Waals surface area contributed by atoms with E-state index in [-0.39, 0.29) is 28.2 Å². The molecule has 3 aromatic rings. The van der Waals surface area contributed by atoms with E-state index in [1.165, 1.54) is 32.2 Å². The van der Waals surface area contributed by atoms with E-state index in [2.05, 4.69) is 15.3 Å². The van der Waals surface area contributed by atoms with Crippen LogP contribution >= 0.6 is 11.6 Å². The summed E-state index contributed by atoms with van der Waals surface area (Å²) in [5, 5.41) is 13.5. The monoisotopic (exact) mass is 411 g/mol. The minimum Gasteiger partial charge on any atom is -0.504 e. The predicted molar refractivity (Wildman–Crippen MR) is 101 cm³/mol. The minimum atomic E-state index is -4.44. The van der Waals surface area contributed by atoms with Crippen LogP contribution in [0.1, 0.15) is 29.7 Å². The van der Waals surface area contributed by atoms with Gasteiger partial charge in [-0.15, -0.1) is 0 Å². The van der Waals surface area contributed by atoms with Crippen molar-refractivity contribution in [1.82, 2.24) is 9.97 Å². The normalized spacial score (nSPS) is 12.8. The SMILES string of the molecule is COc1cc2nc(Cl)nc(N[C@H](C)c3cccc(C(F)(F)F)c3C)c2cc1O. The molecular formula is C19H17ClF3N3O2. The minimum absolute atomic E-state index is 0.0456. The first-order chi connectivity index (χ1) is 13.1. The number of hydrogen-bond acceptors (Lipinski definition) is 5. The van der Waals surface area contributed by atoms with E-state index >= 15 is 0 Å². The molecule has 1 heterocycles. The maximum Gasteiger partial charge on any atom is 0.416 e. The lowest BCUT2D eigenvalue weighted by atomic mass is 9.97. The van der Waals surface area contributed by atoms with Gasteiger partial charge in [-0.05, 0) is 48.7 Å². The summed E-state index contributed by atoms with van der Waals surface area (Å²) in [6.07, 6.45) is -4.44. The van der Waals surface area contributed by atoms with Crippen molar-refractivity contribution < 1.29 is 23.0 Å². The van der Waals surface area contributed by atoms with Gasteiger partial charge >= 0.3 is 6.18 Å². The second-order valence-electron chi connectivity index (χ2n) is 6.27. The van der Waals surface area contributed by atoms with E-state index < -0.39 is 17.8 Å². The molecule has 2 aromatic carbocycles. The molecule has 0 aliphatic heterocycles. The standard InChI is InChI=1S/C19H17ClF3N3O2/c1-9-11(5-4-6-13(9)19(21,22)23)10(2)24-17-12-7-15(27)16(28-3)8-14(12)25-18(20)26-17/h4-8,10,27H,1-3H3,(H,24,25,26)/t10-/m1/s1. The van der Waals surface area contributed by atoms with Crippen molar-refractivity contribution >= 4 is 28.3 Å². The molecule has 0 aliphatic carbocycles. The Kier molecular flexibility index (Phi) is 5.25. The quantitative estimate of drug-likeness (QED) is 0.555. The number of benzene rings is 2. The van der Waals surface area contributed by atoms with Crippen LogP contribution in [0, 0.1) is 6.92 Å². The third-order valence-electron chi connectivity index (χ3n) is 4.47. The molecule has 28 heavy (non-hydrogen) atoms. The van der Waals surface area contributed by atoms with Crippen LogP contribution in [-0.4, -0.2) is 22.2 Å². The summed E-state index contributed by atoms with van der Waals surface area (Å²) in [4.78, 5) is 8.24. The number of methoxy groups -OCH3 is 1. The third kappa shape index (κ3) is 3.77. The Balaban J connectivity index is 2.05. The number of ether oxygens (including phenoxy) is 1. The molecule has 0 saturated heterocycles. The Hall–Kier alpha value is -2.74. The number of phenolic OH excluding ortho intramolecular Hbond substituents is 1. The van der Waals surface area contributed by atoms with E-state index in [0.717, 1.165) is 6.07 Å². The van der Waals surface area contributed by atoms with Gasteiger partial charge < -0.3 is 15.2 Å². The molecule has 0 unspecified atom stereocenters. The zero-order valence-corrected chi connectivity index (χ0v) is 16.0. The number of halogens is 4. The molecule has 1 aromatic heterocycles. The summed E-state index contributed by atoms with van der Waals surface area (Å²) in [5.74, 6) is 0.388. The number of rotatable bonds is 4. The van der Waals surface area contributed by atoms with Gasteiger partial charge in [-0.2, -0.15) is 13.2 Å². The summed E-state index contributed by atoms with van der Waals surface area (Å²) in [6, 6.07) is 6.44. The van der Waals surface area contributed by atoms with Crippen LogP contribution in [0.4, 0.5) is 19.0 Å². The van der Waals surface area contributed by atoms with Crippen molar-refractivity contribution in [1.29, 1.82) is 0 Å². The molecule has 5 nitrogen and oxygen atoms in total. The van der Waals surface area contributed by atoms with E-state index in [1.54, 1.807) is 13.0 Å². The molecule has 0 saturated carbocycles. The number of hydrogen-bond donors (Lipinski definition) is 2. The van der Waals surface area contributed by atoms with Gasteiger partial charge in [-0.1, -0.05) is 12.1 Å². The van der Waals surface area contributed by atoms with Crippen molar-refractivity contribution in [2.45, 2.75) is 26.1 Å². The first-order valence-corrected chi connectivity index (χ1v) is 8.67. The van der Waals surface area contributed by atoms with Gasteiger partial charge in [0.1, 0.15) is 5.82 Å². The fraction of sp³-hybridized carbons (Fsp3) is 0.263. The Bertz CT molecular complexity index is 1040. The van der Waals surface area contributed by atoms with Crippen LogP contribution in [0.2, 0.25) is 5.28 Å². The zero-order chi connectivity index (χ0) is 20.6. The number of phenols is 1. The summed E-state index contributed by atoms with van der Waals surface area (Å²) in [7, 11) is 1.40. The predicted octanol–water partition coefficient (Wildman–Crippen LogP) is 5.50. The van der Waals surface area contributed by atoms with Crippen molar-refractivity contribution in [3.05, 3.63) is 52.3 Å². The van der Waals surface area contributed by atoms with Gasteiger partial charge in [-0.3, -0.25) is 0 Å². The molecule has 2 N–H and O–H groups in total. The molecule has 0 fully saturated rings. The van der Waals surface area contributed by atoms with Crippen molar-refractivity contribution in [3.8, 4) is 11.5 Å². The molecule has 148 valence electrons. The van der Waals surface area contributed by atoms with Crippen LogP contribution < -0.4 is 10.1 Å². The maximum absolute atomic E-state index is 13.2. The second kappa shape index (κ2) is 7.35. The summed E-state index contributed by atoms with van der Waals surface area (Å²) in [5.41, 5.74) is 0.330. The van der Waals surface area contributed by atoms with Crippen LogP contribution in [0.15, 0.2) is 30.3 Å². The highest BCUT2D eigenvalue weighted by Gasteiger charge is 2.33. The molecule has 0 aliphatic rings. The van der Waals surface area contributed by atoms with Gasteiger partial charge in [0.25, 0.3) is 0 Å². The van der Waals surface area contributed by atoms with Crippen molar-refractivity contribution in [2.24, 2.45) is 0 Å². The van der Waals surface area contributed by atoms with Crippen molar-refractivity contribution in [3.63, 3.8) is 0 Å². The zero-order valence-electron chi connectivity index (χ0n) is 15.2. The number of aromatic nitrogens is 2. The largest absolute Gasteiger partial charge is 0.504 e. The second-order valence-corrected chi connectivity index (χ2v) is 6.60. The fourth-order valence-electron chi connectivity index (χ4n) is 3.10. The summed E-state index contributed by atoms with van der Waals surface area (Å²) in [6.45, 7) is 3.14. The number of fused-ring (bicyclic) bond motifs is 1. The summed E-state index contributed by atoms with van der Waals surface area (Å²) >= 11 is 5.99. The molecule has 3 rings (SSSR count). The highest BCUT2D eigenvalue weighted by molar-refractivity contribution is 6.28. The molecule has 1 atom stereocenters. The van der Waals surface area contributed by atoms with Crippen LogP contribution in [0.3, 0.4) is 0 Å². The van der Waals surface area contributed by atoms with Crippen LogP contribution in [0.25, 0.3) is 10.9 Å². The number of anilines is 1. The molecule has 0 radical (unpaired) electrons. The summed E-state index contributed by atoms with van der Waals surface area (Å²) < 4.78 is 44.7. The average molecular weight is 412 g/mol. The van der Waals surface area contributed by atoms with Gasteiger partial charge in [0.05, 0.1) is 24.2 Å². The lowest BCUT2D eigenvalue weighted by molar-refractivity contribution is -0.138. The Morgan fingerprint density at radius 2 is 1.93 bits per heavy atom. The highest BCUT2D eigenvalue weighted by atomic mass is 35.5. The molecule has 0 spiro atoms. The van der Waals surface area contributed by atoms with Gasteiger partial charge in [-0.25, -0.2) is 9.97 Å². The molecule has 9 heteroatoms. The number of nitrogens with zero attached hydrogens (tertiary/aromatic N) is 2. The number of alkyl halides is 3. The van der Waals surface area contributed by atoms with E-state index in [1.807, 2.05) is 0 Å². The molecule has 0 bridgehead atoms. The van der Waals surface area contributed by atoms with Crippen LogP contribution in [0.5, 0.6) is 11.5 Å². The highest BCUT2D eigenvalue weighted by Crippen LogP contribution is 2.37. The van der Waals surface area contributed by atoms with Crippen LogP contribution in [-0.2, 0) is 6.18 Å². The topological polar surface area (TPSA) is 67.3 Å². The Morgan fingerprint density at radius 3 is 2.57 bits per heavy atom. The van der Waals surface area contributed by atoms with Crippen molar-refractivity contribution in [2.75, 3.05) is 12.4 Å². The lowest BCUT2D eigenvalue weighted by Crippen LogP contribution is -2.14. The van der Waals surface area contributed by atoms with Gasteiger partial charge in [0.2, 0.25) is 5.28 Å². The Morgan fingerprint density at radius 1 is 1.21 bits per heavy atom. The Labute approximate surface area is 164 Å². The average Bonchev–Trinajstić information content (AvgIpc) is 2.60. The third-order valence-corrected chi connectivity index (χ3v) is 4.64. The number of aromatic hydroxyl groups is 1. The number of nitrogens with one attached hydrogen (secondary N) is 1. The first-order valence-electron chi connectivity index (χ1n) is 8.29. The maximum atomic E-state index is 13.2. The van der Waals surface area contributed by atoms with E-state index in [4.69, 9.17) is 16.3 Å². The molecular weight excluding hydrogens is 395 g/mol.